The summed E-state index contributed by atoms with van der Waals surface area (Å²) in [7, 11) is 0. The van der Waals surface area contributed by atoms with E-state index in [-0.39, 0.29) is 11.8 Å². The standard InChI is InChI=1S/C19H22N4O2S/c1-13(2)12-17-21-22-19(26-17)20-16(24)10-7-14-5-8-15(9-6-14)23-11-3-4-18(23)25/h5-10,13H,3-4,11-12H2,1-2H3,(H,20,22,24)/b10-7+. The van der Waals surface area contributed by atoms with Gasteiger partial charge >= 0.3 is 0 Å². The van der Waals surface area contributed by atoms with Crippen molar-refractivity contribution >= 4 is 40.0 Å². The molecule has 1 aliphatic rings. The Balaban J connectivity index is 1.56. The van der Waals surface area contributed by atoms with Gasteiger partial charge in [0.15, 0.2) is 0 Å². The summed E-state index contributed by atoms with van der Waals surface area (Å²) in [4.78, 5) is 25.6. The van der Waals surface area contributed by atoms with Crippen LogP contribution in [0.1, 0.15) is 37.3 Å². The lowest BCUT2D eigenvalue weighted by molar-refractivity contribution is -0.117. The summed E-state index contributed by atoms with van der Waals surface area (Å²) in [6, 6.07) is 7.61. The molecule has 0 radical (unpaired) electrons. The van der Waals surface area contributed by atoms with Crippen LogP contribution in [0.3, 0.4) is 0 Å². The van der Waals surface area contributed by atoms with E-state index in [9.17, 15) is 9.59 Å². The Morgan fingerprint density at radius 1 is 1.31 bits per heavy atom. The number of rotatable bonds is 6. The van der Waals surface area contributed by atoms with Gasteiger partial charge in [0, 0.05) is 31.1 Å². The van der Waals surface area contributed by atoms with Crippen molar-refractivity contribution in [3.63, 3.8) is 0 Å². The zero-order valence-electron chi connectivity index (χ0n) is 14.9. The number of nitrogens with zero attached hydrogens (tertiary/aromatic N) is 3. The number of aromatic nitrogens is 2. The van der Waals surface area contributed by atoms with E-state index in [0.29, 0.717) is 17.5 Å². The van der Waals surface area contributed by atoms with Crippen LogP contribution in [0.25, 0.3) is 6.08 Å². The Hall–Kier alpha value is -2.54. The van der Waals surface area contributed by atoms with Crippen molar-refractivity contribution in [2.45, 2.75) is 33.1 Å². The fourth-order valence-electron chi connectivity index (χ4n) is 2.74. The normalized spacial score (nSPS) is 14.6. The topological polar surface area (TPSA) is 75.2 Å². The fraction of sp³-hybridized carbons (Fsp3) is 0.368. The molecule has 0 saturated carbocycles. The van der Waals surface area contributed by atoms with Crippen LogP contribution in [0.4, 0.5) is 10.8 Å². The minimum atomic E-state index is -0.240. The number of amides is 2. The van der Waals surface area contributed by atoms with Gasteiger partial charge in [-0.25, -0.2) is 0 Å². The Bertz CT molecular complexity index is 811. The number of hydrogen-bond donors (Lipinski definition) is 1. The number of anilines is 2. The molecule has 0 atom stereocenters. The van der Waals surface area contributed by atoms with Gasteiger partial charge in [-0.3, -0.25) is 14.9 Å². The second-order valence-corrected chi connectivity index (χ2v) is 7.72. The highest BCUT2D eigenvalue weighted by Gasteiger charge is 2.21. The smallest absolute Gasteiger partial charge is 0.250 e. The third-order valence-electron chi connectivity index (χ3n) is 3.99. The maximum atomic E-state index is 12.0. The third kappa shape index (κ3) is 4.76. The minimum absolute atomic E-state index is 0.168. The number of benzene rings is 1. The summed E-state index contributed by atoms with van der Waals surface area (Å²) in [6.45, 7) is 5.01. The van der Waals surface area contributed by atoms with Gasteiger partial charge in [-0.05, 0) is 36.1 Å². The molecule has 0 spiro atoms. The molecule has 7 heteroatoms. The molecule has 0 aliphatic carbocycles. The first-order chi connectivity index (χ1) is 12.5. The molecule has 1 aliphatic heterocycles. The second kappa shape index (κ2) is 8.23. The second-order valence-electron chi connectivity index (χ2n) is 6.66. The van der Waals surface area contributed by atoms with Crippen LogP contribution in [0.15, 0.2) is 30.3 Å². The Morgan fingerprint density at radius 3 is 2.73 bits per heavy atom. The van der Waals surface area contributed by atoms with Crippen molar-refractivity contribution in [3.05, 3.63) is 40.9 Å². The van der Waals surface area contributed by atoms with Crippen LogP contribution in [0, 0.1) is 5.92 Å². The monoisotopic (exact) mass is 370 g/mol. The zero-order valence-corrected chi connectivity index (χ0v) is 15.8. The van der Waals surface area contributed by atoms with Gasteiger partial charge in [-0.2, -0.15) is 0 Å². The number of carbonyl (C=O) groups is 2. The molecule has 3 rings (SSSR count). The van der Waals surface area contributed by atoms with Gasteiger partial charge in [0.25, 0.3) is 0 Å². The van der Waals surface area contributed by atoms with Crippen molar-refractivity contribution in [1.82, 2.24) is 10.2 Å². The highest BCUT2D eigenvalue weighted by molar-refractivity contribution is 7.15. The van der Waals surface area contributed by atoms with E-state index in [1.54, 1.807) is 11.0 Å². The van der Waals surface area contributed by atoms with Crippen LogP contribution >= 0.6 is 11.3 Å². The molecule has 1 fully saturated rings. The van der Waals surface area contributed by atoms with Crippen molar-refractivity contribution in [2.24, 2.45) is 5.92 Å². The molecule has 1 aromatic heterocycles. The quantitative estimate of drug-likeness (QED) is 0.790. The third-order valence-corrected chi connectivity index (χ3v) is 4.85. The highest BCUT2D eigenvalue weighted by atomic mass is 32.1. The Morgan fingerprint density at radius 2 is 2.08 bits per heavy atom. The first-order valence-electron chi connectivity index (χ1n) is 8.73. The van der Waals surface area contributed by atoms with Crippen molar-refractivity contribution < 1.29 is 9.59 Å². The Kier molecular flexibility index (Phi) is 5.78. The summed E-state index contributed by atoms with van der Waals surface area (Å²) in [5.41, 5.74) is 1.80. The molecule has 0 unspecified atom stereocenters. The van der Waals surface area contributed by atoms with Crippen LogP contribution in [0.5, 0.6) is 0 Å². The highest BCUT2D eigenvalue weighted by Crippen LogP contribution is 2.22. The molecule has 1 aromatic carbocycles. The van der Waals surface area contributed by atoms with E-state index in [2.05, 4.69) is 29.4 Å². The van der Waals surface area contributed by atoms with Gasteiger partial charge in [-0.15, -0.1) is 10.2 Å². The molecule has 2 amide bonds. The number of carbonyl (C=O) groups excluding carboxylic acids is 2. The van der Waals surface area contributed by atoms with Gasteiger partial charge in [-0.1, -0.05) is 37.3 Å². The molecule has 0 bridgehead atoms. The summed E-state index contributed by atoms with van der Waals surface area (Å²) in [5.74, 6) is 0.433. The molecule has 136 valence electrons. The fourth-order valence-corrected chi connectivity index (χ4v) is 3.70. The average molecular weight is 370 g/mol. The van der Waals surface area contributed by atoms with E-state index in [4.69, 9.17) is 0 Å². The van der Waals surface area contributed by atoms with E-state index in [1.165, 1.54) is 17.4 Å². The average Bonchev–Trinajstić information content (AvgIpc) is 3.22. The van der Waals surface area contributed by atoms with Gasteiger partial charge in [0.05, 0.1) is 0 Å². The van der Waals surface area contributed by atoms with E-state index in [1.807, 2.05) is 24.3 Å². The van der Waals surface area contributed by atoms with Crippen molar-refractivity contribution in [1.29, 1.82) is 0 Å². The minimum Gasteiger partial charge on any atom is -0.312 e. The summed E-state index contributed by atoms with van der Waals surface area (Å²) in [5, 5.41) is 12.2. The molecule has 1 N–H and O–H groups in total. The maximum absolute atomic E-state index is 12.0. The van der Waals surface area contributed by atoms with Crippen LogP contribution in [-0.4, -0.2) is 28.6 Å². The number of nitrogens with one attached hydrogen (secondary N) is 1. The molecular weight excluding hydrogens is 348 g/mol. The Labute approximate surface area is 156 Å². The predicted molar refractivity (Wildman–Crippen MR) is 104 cm³/mol. The van der Waals surface area contributed by atoms with Gasteiger partial charge in [0.2, 0.25) is 16.9 Å². The van der Waals surface area contributed by atoms with Gasteiger partial charge in [0.1, 0.15) is 5.01 Å². The predicted octanol–water partition coefficient (Wildman–Crippen LogP) is 3.52. The lowest BCUT2D eigenvalue weighted by Crippen LogP contribution is -2.23. The van der Waals surface area contributed by atoms with Gasteiger partial charge < -0.3 is 4.90 Å². The van der Waals surface area contributed by atoms with E-state index in [0.717, 1.165) is 35.6 Å². The van der Waals surface area contributed by atoms with Crippen LogP contribution < -0.4 is 10.2 Å². The first-order valence-corrected chi connectivity index (χ1v) is 9.55. The number of hydrogen-bond acceptors (Lipinski definition) is 5. The molecule has 2 heterocycles. The summed E-state index contributed by atoms with van der Waals surface area (Å²) < 4.78 is 0. The lowest BCUT2D eigenvalue weighted by atomic mass is 10.1. The molecule has 2 aromatic rings. The summed E-state index contributed by atoms with van der Waals surface area (Å²) >= 11 is 1.40. The zero-order chi connectivity index (χ0) is 18.5. The molecule has 1 saturated heterocycles. The maximum Gasteiger partial charge on any atom is 0.250 e. The molecule has 26 heavy (non-hydrogen) atoms. The lowest BCUT2D eigenvalue weighted by Gasteiger charge is -2.15. The summed E-state index contributed by atoms with van der Waals surface area (Å²) in [6.07, 6.45) is 5.59. The van der Waals surface area contributed by atoms with Crippen LogP contribution in [0.2, 0.25) is 0 Å². The van der Waals surface area contributed by atoms with E-state index >= 15 is 0 Å². The SMILES string of the molecule is CC(C)Cc1nnc(NC(=O)/C=C/c2ccc(N3CCCC3=O)cc2)s1. The molecular formula is C19H22N4O2S. The van der Waals surface area contributed by atoms with E-state index < -0.39 is 0 Å². The van der Waals surface area contributed by atoms with Crippen molar-refractivity contribution in [3.8, 4) is 0 Å². The van der Waals surface area contributed by atoms with Crippen LogP contribution in [-0.2, 0) is 16.0 Å². The molecule has 6 nitrogen and oxygen atoms in total. The first kappa shape index (κ1) is 18.3. The largest absolute Gasteiger partial charge is 0.312 e. The van der Waals surface area contributed by atoms with Crippen molar-refractivity contribution in [2.75, 3.05) is 16.8 Å².